The van der Waals surface area contributed by atoms with Gasteiger partial charge >= 0.3 is 12.1 Å². The first-order valence-corrected chi connectivity index (χ1v) is 7.55. The van der Waals surface area contributed by atoms with Crippen molar-refractivity contribution < 1.29 is 19.4 Å². The second-order valence-electron chi connectivity index (χ2n) is 6.00. The molecule has 6 heteroatoms. The summed E-state index contributed by atoms with van der Waals surface area (Å²) in [6.45, 7) is 2.46. The van der Waals surface area contributed by atoms with Crippen molar-refractivity contribution in [1.29, 1.82) is 0 Å². The van der Waals surface area contributed by atoms with Crippen LogP contribution >= 0.6 is 0 Å². The summed E-state index contributed by atoms with van der Waals surface area (Å²) in [7, 11) is 0. The second kappa shape index (κ2) is 5.96. The van der Waals surface area contributed by atoms with Crippen molar-refractivity contribution in [3.8, 4) is 0 Å². The van der Waals surface area contributed by atoms with Crippen molar-refractivity contribution in [2.24, 2.45) is 5.92 Å². The number of carbonyl (C=O) groups excluding carboxylic acids is 1. The average Bonchev–Trinajstić information content (AvgIpc) is 2.93. The van der Waals surface area contributed by atoms with Gasteiger partial charge in [0.25, 0.3) is 0 Å². The highest BCUT2D eigenvalue weighted by molar-refractivity contribution is 5.85. The SMILES string of the molecule is O=C(NC1(C(=O)O)CCN2CCC1C2)OCc1ccccc1. The first-order valence-electron chi connectivity index (χ1n) is 7.55. The van der Waals surface area contributed by atoms with Gasteiger partial charge in [-0.3, -0.25) is 0 Å². The monoisotopic (exact) mass is 304 g/mol. The number of amides is 1. The first-order chi connectivity index (χ1) is 10.6. The number of carboxylic acids is 1. The molecule has 0 aromatic heterocycles. The summed E-state index contributed by atoms with van der Waals surface area (Å²) in [6.07, 6.45) is 0.560. The molecule has 22 heavy (non-hydrogen) atoms. The molecule has 0 saturated carbocycles. The number of fused-ring (bicyclic) bond motifs is 2. The first kappa shape index (κ1) is 14.8. The third-order valence-electron chi connectivity index (χ3n) is 4.71. The standard InChI is InChI=1S/C16H20N2O4/c19-14(20)16(7-9-18-8-6-13(16)10-18)17-15(21)22-11-12-4-2-1-3-5-12/h1-5,13H,6-11H2,(H,17,21)(H,19,20). The van der Waals surface area contributed by atoms with Crippen LogP contribution in [0, 0.1) is 5.92 Å². The van der Waals surface area contributed by atoms with E-state index in [0.29, 0.717) is 13.0 Å². The third-order valence-corrected chi connectivity index (χ3v) is 4.71. The second-order valence-corrected chi connectivity index (χ2v) is 6.00. The molecule has 118 valence electrons. The van der Waals surface area contributed by atoms with Crippen molar-refractivity contribution in [3.63, 3.8) is 0 Å². The molecule has 0 aliphatic carbocycles. The predicted octanol–water partition coefficient (Wildman–Crippen LogP) is 1.46. The van der Waals surface area contributed by atoms with Crippen LogP contribution in [0.25, 0.3) is 0 Å². The summed E-state index contributed by atoms with van der Waals surface area (Å²) >= 11 is 0. The number of aliphatic carboxylic acids is 1. The number of benzene rings is 1. The quantitative estimate of drug-likeness (QED) is 0.880. The molecule has 3 unspecified atom stereocenters. The lowest BCUT2D eigenvalue weighted by Crippen LogP contribution is -2.63. The number of carbonyl (C=O) groups is 2. The third kappa shape index (κ3) is 2.78. The van der Waals surface area contributed by atoms with Gasteiger partial charge in [0.1, 0.15) is 12.1 Å². The molecule has 1 aromatic rings. The van der Waals surface area contributed by atoms with E-state index in [2.05, 4.69) is 10.2 Å². The van der Waals surface area contributed by atoms with E-state index in [0.717, 1.165) is 25.1 Å². The van der Waals surface area contributed by atoms with Gasteiger partial charge in [-0.2, -0.15) is 0 Å². The van der Waals surface area contributed by atoms with E-state index < -0.39 is 17.6 Å². The number of hydrogen-bond acceptors (Lipinski definition) is 4. The van der Waals surface area contributed by atoms with Crippen molar-refractivity contribution in [2.45, 2.75) is 25.0 Å². The summed E-state index contributed by atoms with van der Waals surface area (Å²) in [5.41, 5.74) is -0.321. The molecule has 3 rings (SSSR count). The zero-order valence-electron chi connectivity index (χ0n) is 12.3. The molecule has 3 atom stereocenters. The molecule has 2 fully saturated rings. The lowest BCUT2D eigenvalue weighted by molar-refractivity contribution is -0.148. The van der Waals surface area contributed by atoms with Crippen LogP contribution in [0.15, 0.2) is 30.3 Å². The highest BCUT2D eigenvalue weighted by Crippen LogP contribution is 2.36. The Morgan fingerprint density at radius 3 is 2.82 bits per heavy atom. The molecule has 1 aromatic carbocycles. The van der Waals surface area contributed by atoms with Gasteiger partial charge in [0, 0.05) is 19.0 Å². The minimum absolute atomic E-state index is 0.0528. The fraction of sp³-hybridized carbons (Fsp3) is 0.500. The largest absolute Gasteiger partial charge is 0.479 e. The van der Waals surface area contributed by atoms with Crippen molar-refractivity contribution in [2.75, 3.05) is 19.6 Å². The molecule has 2 aliphatic rings. The number of carboxylic acid groups (broad SMARTS) is 1. The summed E-state index contributed by atoms with van der Waals surface area (Å²) in [6, 6.07) is 9.33. The number of hydrogen-bond donors (Lipinski definition) is 2. The highest BCUT2D eigenvalue weighted by Gasteiger charge is 2.52. The Balaban J connectivity index is 1.64. The van der Waals surface area contributed by atoms with E-state index in [1.165, 1.54) is 0 Å². The molecule has 1 amide bonds. The molecule has 2 heterocycles. The molecule has 6 nitrogen and oxygen atoms in total. The Hall–Kier alpha value is -2.08. The number of rotatable bonds is 4. The fourth-order valence-electron chi connectivity index (χ4n) is 3.42. The van der Waals surface area contributed by atoms with E-state index in [-0.39, 0.29) is 12.5 Å². The Morgan fingerprint density at radius 2 is 2.09 bits per heavy atom. The van der Waals surface area contributed by atoms with Gasteiger partial charge in [-0.15, -0.1) is 0 Å². The van der Waals surface area contributed by atoms with E-state index >= 15 is 0 Å². The molecule has 0 spiro atoms. The van der Waals surface area contributed by atoms with Gasteiger partial charge < -0.3 is 20.1 Å². The van der Waals surface area contributed by atoms with Crippen LogP contribution in [0.1, 0.15) is 18.4 Å². The number of piperidine rings is 1. The minimum atomic E-state index is -1.19. The van der Waals surface area contributed by atoms with E-state index in [1.807, 2.05) is 30.3 Å². The van der Waals surface area contributed by atoms with Crippen LogP contribution in [-0.4, -0.2) is 47.2 Å². The van der Waals surface area contributed by atoms with Crippen LogP contribution in [0.5, 0.6) is 0 Å². The van der Waals surface area contributed by atoms with Gasteiger partial charge in [0.05, 0.1) is 0 Å². The predicted molar refractivity (Wildman–Crippen MR) is 79.3 cm³/mol. The molecule has 2 bridgehead atoms. The molecule has 0 radical (unpaired) electrons. The Labute approximate surface area is 129 Å². The van der Waals surface area contributed by atoms with Crippen LogP contribution < -0.4 is 5.32 Å². The van der Waals surface area contributed by atoms with Crippen LogP contribution in [0.3, 0.4) is 0 Å². The van der Waals surface area contributed by atoms with Crippen LogP contribution in [0.2, 0.25) is 0 Å². The molecule has 2 aliphatic heterocycles. The van der Waals surface area contributed by atoms with E-state index in [1.54, 1.807) is 0 Å². The lowest BCUT2D eigenvalue weighted by atomic mass is 9.79. The summed E-state index contributed by atoms with van der Waals surface area (Å²) in [4.78, 5) is 26.1. The molecule has 2 saturated heterocycles. The summed E-state index contributed by atoms with van der Waals surface area (Å²) in [5.74, 6) is -1.02. The molecular weight excluding hydrogens is 284 g/mol. The topological polar surface area (TPSA) is 78.9 Å². The van der Waals surface area contributed by atoms with Crippen LogP contribution in [-0.2, 0) is 16.1 Å². The van der Waals surface area contributed by atoms with Gasteiger partial charge in [0.2, 0.25) is 0 Å². The Bertz CT molecular complexity index is 563. The maximum atomic E-state index is 12.1. The zero-order chi connectivity index (χ0) is 15.6. The molecule has 2 N–H and O–H groups in total. The normalized spacial score (nSPS) is 29.8. The van der Waals surface area contributed by atoms with Gasteiger partial charge in [-0.05, 0) is 24.9 Å². The van der Waals surface area contributed by atoms with Gasteiger partial charge in [-0.1, -0.05) is 30.3 Å². The smallest absolute Gasteiger partial charge is 0.408 e. The van der Waals surface area contributed by atoms with Crippen molar-refractivity contribution >= 4 is 12.1 Å². The number of nitrogens with zero attached hydrogens (tertiary/aromatic N) is 1. The van der Waals surface area contributed by atoms with Crippen molar-refractivity contribution in [1.82, 2.24) is 10.2 Å². The minimum Gasteiger partial charge on any atom is -0.479 e. The lowest BCUT2D eigenvalue weighted by Gasteiger charge is -2.39. The fourth-order valence-corrected chi connectivity index (χ4v) is 3.42. The van der Waals surface area contributed by atoms with Gasteiger partial charge in [0.15, 0.2) is 0 Å². The number of ether oxygens (including phenoxy) is 1. The van der Waals surface area contributed by atoms with E-state index in [9.17, 15) is 14.7 Å². The van der Waals surface area contributed by atoms with Crippen LogP contribution in [0.4, 0.5) is 4.79 Å². The maximum absolute atomic E-state index is 12.1. The maximum Gasteiger partial charge on any atom is 0.408 e. The Kier molecular flexibility index (Phi) is 4.02. The average molecular weight is 304 g/mol. The Morgan fingerprint density at radius 1 is 1.32 bits per heavy atom. The number of nitrogens with one attached hydrogen (secondary N) is 1. The van der Waals surface area contributed by atoms with Gasteiger partial charge in [-0.25, -0.2) is 9.59 Å². The number of alkyl carbamates (subject to hydrolysis) is 1. The summed E-state index contributed by atoms with van der Waals surface area (Å²) < 4.78 is 5.19. The van der Waals surface area contributed by atoms with Crippen molar-refractivity contribution in [3.05, 3.63) is 35.9 Å². The zero-order valence-corrected chi connectivity index (χ0v) is 12.3. The van der Waals surface area contributed by atoms with E-state index in [4.69, 9.17) is 4.74 Å². The highest BCUT2D eigenvalue weighted by atomic mass is 16.5. The molecular formula is C16H20N2O4. The summed E-state index contributed by atoms with van der Waals surface area (Å²) in [5, 5.41) is 12.3.